The summed E-state index contributed by atoms with van der Waals surface area (Å²) >= 11 is 1.26. The molecular formula is C17H11F2NO3S. The van der Waals surface area contributed by atoms with Gasteiger partial charge >= 0.3 is 5.97 Å². The number of rotatable bonds is 4. The highest BCUT2D eigenvalue weighted by Crippen LogP contribution is 2.25. The molecule has 0 aliphatic heterocycles. The number of fused-ring (bicyclic) bond motifs is 1. The molecule has 1 N–H and O–H groups in total. The fourth-order valence-corrected chi connectivity index (χ4v) is 3.02. The fourth-order valence-electron chi connectivity index (χ4n) is 2.06. The summed E-state index contributed by atoms with van der Waals surface area (Å²) in [6, 6.07) is 11.9. The standard InChI is InChI=1S/C17H11F2NO3S/c18-11-5-6-13(12(19)8-11)20-16(21)9-23-17(22)15-7-10-3-1-2-4-14(10)24-15/h1-8H,9H2,(H,20,21). The van der Waals surface area contributed by atoms with E-state index in [9.17, 15) is 18.4 Å². The van der Waals surface area contributed by atoms with Crippen molar-refractivity contribution in [1.29, 1.82) is 0 Å². The average Bonchev–Trinajstić information content (AvgIpc) is 2.99. The Morgan fingerprint density at radius 3 is 2.62 bits per heavy atom. The maximum atomic E-state index is 13.4. The first-order valence-electron chi connectivity index (χ1n) is 6.93. The Kier molecular flexibility index (Phi) is 4.52. The van der Waals surface area contributed by atoms with Crippen molar-refractivity contribution < 1.29 is 23.1 Å². The zero-order valence-corrected chi connectivity index (χ0v) is 13.0. The third-order valence-corrected chi connectivity index (χ3v) is 4.26. The van der Waals surface area contributed by atoms with Crippen molar-refractivity contribution in [1.82, 2.24) is 0 Å². The van der Waals surface area contributed by atoms with Gasteiger partial charge in [-0.3, -0.25) is 4.79 Å². The summed E-state index contributed by atoms with van der Waals surface area (Å²) < 4.78 is 32.1. The molecule has 1 amide bonds. The number of ether oxygens (including phenoxy) is 1. The third-order valence-electron chi connectivity index (χ3n) is 3.17. The molecule has 0 atom stereocenters. The van der Waals surface area contributed by atoms with Gasteiger partial charge in [-0.1, -0.05) is 18.2 Å². The molecule has 0 bridgehead atoms. The van der Waals surface area contributed by atoms with Gasteiger partial charge in [-0.2, -0.15) is 0 Å². The molecule has 0 radical (unpaired) electrons. The van der Waals surface area contributed by atoms with Gasteiger partial charge in [-0.15, -0.1) is 11.3 Å². The van der Waals surface area contributed by atoms with Crippen molar-refractivity contribution in [3.8, 4) is 0 Å². The first-order chi connectivity index (χ1) is 11.5. The molecule has 1 aromatic heterocycles. The van der Waals surface area contributed by atoms with Crippen LogP contribution in [0.1, 0.15) is 9.67 Å². The summed E-state index contributed by atoms with van der Waals surface area (Å²) in [6.07, 6.45) is 0. The Bertz CT molecular complexity index is 890. The van der Waals surface area contributed by atoms with Crippen molar-refractivity contribution in [3.63, 3.8) is 0 Å². The van der Waals surface area contributed by atoms with Crippen molar-refractivity contribution in [2.45, 2.75) is 0 Å². The molecule has 7 heteroatoms. The molecule has 24 heavy (non-hydrogen) atoms. The molecule has 122 valence electrons. The molecule has 3 aromatic rings. The van der Waals surface area contributed by atoms with E-state index in [1.165, 1.54) is 11.3 Å². The minimum Gasteiger partial charge on any atom is -0.451 e. The largest absolute Gasteiger partial charge is 0.451 e. The van der Waals surface area contributed by atoms with E-state index in [4.69, 9.17) is 4.74 Å². The molecule has 0 aliphatic rings. The Hall–Kier alpha value is -2.80. The van der Waals surface area contributed by atoms with Gasteiger partial charge in [-0.25, -0.2) is 13.6 Å². The summed E-state index contributed by atoms with van der Waals surface area (Å²) in [5, 5.41) is 3.13. The maximum Gasteiger partial charge on any atom is 0.348 e. The van der Waals surface area contributed by atoms with E-state index in [0.29, 0.717) is 10.9 Å². The van der Waals surface area contributed by atoms with Gasteiger partial charge < -0.3 is 10.1 Å². The lowest BCUT2D eigenvalue weighted by molar-refractivity contribution is -0.119. The fraction of sp³-hybridized carbons (Fsp3) is 0.0588. The highest BCUT2D eigenvalue weighted by molar-refractivity contribution is 7.20. The maximum absolute atomic E-state index is 13.4. The summed E-state index contributed by atoms with van der Waals surface area (Å²) in [5.41, 5.74) is -0.181. The molecule has 0 spiro atoms. The van der Waals surface area contributed by atoms with Gasteiger partial charge in [0.1, 0.15) is 16.5 Å². The first kappa shape index (κ1) is 16.1. The Morgan fingerprint density at radius 1 is 1.08 bits per heavy atom. The SMILES string of the molecule is O=C(COC(=O)c1cc2ccccc2s1)Nc1ccc(F)cc1F. The Labute approximate surface area is 139 Å². The Morgan fingerprint density at radius 2 is 1.88 bits per heavy atom. The van der Waals surface area contributed by atoms with E-state index in [1.54, 1.807) is 6.07 Å². The number of hydrogen-bond donors (Lipinski definition) is 1. The van der Waals surface area contributed by atoms with E-state index in [0.717, 1.165) is 22.2 Å². The van der Waals surface area contributed by atoms with Gasteiger partial charge in [0.05, 0.1) is 5.69 Å². The van der Waals surface area contributed by atoms with Crippen LogP contribution in [0.3, 0.4) is 0 Å². The molecule has 2 aromatic carbocycles. The minimum absolute atomic E-state index is 0.181. The normalized spacial score (nSPS) is 10.6. The number of hydrogen-bond acceptors (Lipinski definition) is 4. The molecule has 3 rings (SSSR count). The number of halogens is 2. The summed E-state index contributed by atoms with van der Waals surface area (Å²) in [6.45, 7) is -0.566. The number of benzene rings is 2. The van der Waals surface area contributed by atoms with Crippen molar-refractivity contribution in [2.75, 3.05) is 11.9 Å². The lowest BCUT2D eigenvalue weighted by Crippen LogP contribution is -2.21. The number of nitrogens with one attached hydrogen (secondary N) is 1. The molecular weight excluding hydrogens is 336 g/mol. The van der Waals surface area contributed by atoms with Crippen molar-refractivity contribution in [3.05, 3.63) is 65.0 Å². The summed E-state index contributed by atoms with van der Waals surface area (Å²) in [4.78, 5) is 24.1. The smallest absolute Gasteiger partial charge is 0.348 e. The highest BCUT2D eigenvalue weighted by atomic mass is 32.1. The lowest BCUT2D eigenvalue weighted by atomic mass is 10.2. The van der Waals surface area contributed by atoms with E-state index in [2.05, 4.69) is 5.32 Å². The van der Waals surface area contributed by atoms with E-state index < -0.39 is 30.1 Å². The lowest BCUT2D eigenvalue weighted by Gasteiger charge is -2.06. The van der Waals surface area contributed by atoms with Crippen LogP contribution in [0.4, 0.5) is 14.5 Å². The number of carbonyl (C=O) groups is 2. The van der Waals surface area contributed by atoms with Gasteiger partial charge in [0.25, 0.3) is 5.91 Å². The topological polar surface area (TPSA) is 55.4 Å². The Balaban J connectivity index is 1.60. The van der Waals surface area contributed by atoms with Gasteiger partial charge in [0, 0.05) is 10.8 Å². The predicted octanol–water partition coefficient (Wildman–Crippen LogP) is 3.98. The molecule has 0 saturated heterocycles. The van der Waals surface area contributed by atoms with Gasteiger partial charge in [0.15, 0.2) is 6.61 Å². The van der Waals surface area contributed by atoms with Gasteiger partial charge in [0.2, 0.25) is 0 Å². The van der Waals surface area contributed by atoms with Crippen LogP contribution in [-0.4, -0.2) is 18.5 Å². The van der Waals surface area contributed by atoms with E-state index in [1.807, 2.05) is 24.3 Å². The molecule has 0 unspecified atom stereocenters. The second-order valence-electron chi connectivity index (χ2n) is 4.90. The van der Waals surface area contributed by atoms with Crippen LogP contribution in [0.5, 0.6) is 0 Å². The quantitative estimate of drug-likeness (QED) is 0.727. The highest BCUT2D eigenvalue weighted by Gasteiger charge is 2.14. The van der Waals surface area contributed by atoms with Crippen LogP contribution in [0, 0.1) is 11.6 Å². The van der Waals surface area contributed by atoms with Crippen LogP contribution in [0.25, 0.3) is 10.1 Å². The molecule has 1 heterocycles. The van der Waals surface area contributed by atoms with Crippen LogP contribution in [-0.2, 0) is 9.53 Å². The minimum atomic E-state index is -0.904. The molecule has 4 nitrogen and oxygen atoms in total. The van der Waals surface area contributed by atoms with E-state index in [-0.39, 0.29) is 5.69 Å². The first-order valence-corrected chi connectivity index (χ1v) is 7.75. The second kappa shape index (κ2) is 6.76. The summed E-state index contributed by atoms with van der Waals surface area (Å²) in [7, 11) is 0. The van der Waals surface area contributed by atoms with Crippen LogP contribution >= 0.6 is 11.3 Å². The predicted molar refractivity (Wildman–Crippen MR) is 87.1 cm³/mol. The molecule has 0 fully saturated rings. The van der Waals surface area contributed by atoms with Gasteiger partial charge in [-0.05, 0) is 29.7 Å². The van der Waals surface area contributed by atoms with Crippen LogP contribution in [0.2, 0.25) is 0 Å². The van der Waals surface area contributed by atoms with Crippen LogP contribution < -0.4 is 5.32 Å². The molecule has 0 aliphatic carbocycles. The van der Waals surface area contributed by atoms with Crippen molar-refractivity contribution >= 4 is 39.0 Å². The second-order valence-corrected chi connectivity index (χ2v) is 5.98. The third kappa shape index (κ3) is 3.57. The summed E-state index contributed by atoms with van der Waals surface area (Å²) in [5.74, 6) is -3.00. The number of amides is 1. The van der Waals surface area contributed by atoms with E-state index >= 15 is 0 Å². The number of thiophene rings is 1. The number of esters is 1. The molecule has 0 saturated carbocycles. The van der Waals surface area contributed by atoms with Crippen LogP contribution in [0.15, 0.2) is 48.5 Å². The number of anilines is 1. The zero-order chi connectivity index (χ0) is 17.1. The number of carbonyl (C=O) groups excluding carboxylic acids is 2. The monoisotopic (exact) mass is 347 g/mol. The van der Waals surface area contributed by atoms with Crippen molar-refractivity contribution in [2.24, 2.45) is 0 Å². The zero-order valence-electron chi connectivity index (χ0n) is 12.2. The average molecular weight is 347 g/mol.